The Labute approximate surface area is 130 Å². The van der Waals surface area contributed by atoms with Crippen LogP contribution in [0.3, 0.4) is 0 Å². The van der Waals surface area contributed by atoms with E-state index < -0.39 is 11.7 Å². The summed E-state index contributed by atoms with van der Waals surface area (Å²) in [6.45, 7) is 1.94. The van der Waals surface area contributed by atoms with Gasteiger partial charge in [-0.3, -0.25) is 9.59 Å². The highest BCUT2D eigenvalue weighted by Gasteiger charge is 2.32. The Bertz CT molecular complexity index is 791. The Balaban J connectivity index is 2.16. The van der Waals surface area contributed by atoms with E-state index in [0.29, 0.717) is 16.3 Å². The van der Waals surface area contributed by atoms with Gasteiger partial charge in [0.2, 0.25) is 5.91 Å². The number of anilines is 1. The number of amides is 1. The summed E-state index contributed by atoms with van der Waals surface area (Å²) in [6, 6.07) is 6.18. The summed E-state index contributed by atoms with van der Waals surface area (Å²) in [4.78, 5) is 31.3. The highest BCUT2D eigenvalue weighted by atomic mass is 32.2. The molecule has 7 heteroatoms. The van der Waals surface area contributed by atoms with Crippen LogP contribution in [0.5, 0.6) is 0 Å². The molecule has 0 spiro atoms. The van der Waals surface area contributed by atoms with Crippen molar-refractivity contribution in [3.05, 3.63) is 51.6 Å². The molecule has 2 heterocycles. The number of rotatable bonds is 3. The highest BCUT2D eigenvalue weighted by Crippen LogP contribution is 2.35. The van der Waals surface area contributed by atoms with Gasteiger partial charge >= 0.3 is 0 Å². The van der Waals surface area contributed by atoms with Crippen LogP contribution in [0.1, 0.15) is 30.4 Å². The number of carbonyl (C=O) groups excluding carboxylic acids is 1. The lowest BCUT2D eigenvalue weighted by molar-refractivity contribution is -0.116. The van der Waals surface area contributed by atoms with Crippen molar-refractivity contribution in [3.8, 4) is 0 Å². The number of benzene rings is 1. The van der Waals surface area contributed by atoms with Crippen LogP contribution in [-0.4, -0.2) is 21.6 Å². The van der Waals surface area contributed by atoms with Gasteiger partial charge in [-0.05, 0) is 17.4 Å². The first-order valence-electron chi connectivity index (χ1n) is 6.91. The summed E-state index contributed by atoms with van der Waals surface area (Å²) in [7, 11) is 0. The SMILES string of the molecule is CCSc1nc2c(c(=O)[nH]1)[C@@H](c1ccccc1F)CC(=O)N2. The third kappa shape index (κ3) is 2.64. The molecule has 0 saturated heterocycles. The maximum atomic E-state index is 14.1. The zero-order valence-electron chi connectivity index (χ0n) is 11.9. The van der Waals surface area contributed by atoms with Gasteiger partial charge in [0.25, 0.3) is 5.56 Å². The van der Waals surface area contributed by atoms with Gasteiger partial charge in [0.1, 0.15) is 11.6 Å². The monoisotopic (exact) mass is 319 g/mol. The molecule has 0 unspecified atom stereocenters. The fraction of sp³-hybridized carbons (Fsp3) is 0.267. The summed E-state index contributed by atoms with van der Waals surface area (Å²) in [5, 5.41) is 3.06. The number of nitrogens with one attached hydrogen (secondary N) is 2. The number of halogens is 1. The van der Waals surface area contributed by atoms with Crippen molar-refractivity contribution in [3.63, 3.8) is 0 Å². The van der Waals surface area contributed by atoms with Crippen LogP contribution >= 0.6 is 11.8 Å². The molecule has 0 fully saturated rings. The fourth-order valence-electron chi connectivity index (χ4n) is 2.58. The molecular weight excluding hydrogens is 305 g/mol. The molecule has 1 aromatic carbocycles. The smallest absolute Gasteiger partial charge is 0.257 e. The maximum Gasteiger partial charge on any atom is 0.257 e. The van der Waals surface area contributed by atoms with E-state index in [9.17, 15) is 14.0 Å². The predicted octanol–water partition coefficient (Wildman–Crippen LogP) is 2.50. The van der Waals surface area contributed by atoms with Gasteiger partial charge < -0.3 is 10.3 Å². The number of hydrogen-bond acceptors (Lipinski definition) is 4. The molecule has 1 amide bonds. The molecule has 1 aliphatic heterocycles. The first-order chi connectivity index (χ1) is 10.6. The summed E-state index contributed by atoms with van der Waals surface area (Å²) >= 11 is 1.37. The first-order valence-corrected chi connectivity index (χ1v) is 7.90. The van der Waals surface area contributed by atoms with Crippen molar-refractivity contribution in [2.45, 2.75) is 24.4 Å². The van der Waals surface area contributed by atoms with Gasteiger partial charge in [-0.25, -0.2) is 9.37 Å². The minimum atomic E-state index is -0.623. The number of nitrogens with zero attached hydrogens (tertiary/aromatic N) is 1. The van der Waals surface area contributed by atoms with Gasteiger partial charge in [-0.15, -0.1) is 0 Å². The molecule has 0 saturated carbocycles. The number of fused-ring (bicyclic) bond motifs is 1. The Morgan fingerprint density at radius 1 is 1.36 bits per heavy atom. The number of aromatic amines is 1. The molecule has 5 nitrogen and oxygen atoms in total. The van der Waals surface area contributed by atoms with Crippen LogP contribution in [0.15, 0.2) is 34.2 Å². The van der Waals surface area contributed by atoms with Crippen LogP contribution < -0.4 is 10.9 Å². The van der Waals surface area contributed by atoms with E-state index in [4.69, 9.17) is 0 Å². The normalized spacial score (nSPS) is 17.0. The van der Waals surface area contributed by atoms with E-state index >= 15 is 0 Å². The number of carbonyl (C=O) groups is 1. The third-order valence-electron chi connectivity index (χ3n) is 3.49. The van der Waals surface area contributed by atoms with Crippen LogP contribution in [0, 0.1) is 5.82 Å². The van der Waals surface area contributed by atoms with Gasteiger partial charge in [-0.1, -0.05) is 36.9 Å². The quantitative estimate of drug-likeness (QED) is 0.673. The average Bonchev–Trinajstić information content (AvgIpc) is 2.46. The Hall–Kier alpha value is -2.15. The molecule has 0 radical (unpaired) electrons. The van der Waals surface area contributed by atoms with Crippen LogP contribution in [0.4, 0.5) is 10.2 Å². The molecule has 0 aliphatic carbocycles. The fourth-order valence-corrected chi connectivity index (χ4v) is 3.17. The van der Waals surface area contributed by atoms with E-state index in [2.05, 4.69) is 15.3 Å². The molecule has 114 valence electrons. The van der Waals surface area contributed by atoms with Crippen molar-refractivity contribution in [1.82, 2.24) is 9.97 Å². The molecule has 0 bridgehead atoms. The minimum absolute atomic E-state index is 0.0267. The molecule has 22 heavy (non-hydrogen) atoms. The lowest BCUT2D eigenvalue weighted by Gasteiger charge is -2.24. The molecule has 2 N–H and O–H groups in total. The van der Waals surface area contributed by atoms with Gasteiger partial charge in [-0.2, -0.15) is 0 Å². The van der Waals surface area contributed by atoms with Crippen LogP contribution in [-0.2, 0) is 4.79 Å². The van der Waals surface area contributed by atoms with E-state index in [1.165, 1.54) is 17.8 Å². The second-order valence-corrected chi connectivity index (χ2v) is 6.15. The van der Waals surface area contributed by atoms with Gasteiger partial charge in [0.15, 0.2) is 5.16 Å². The van der Waals surface area contributed by atoms with E-state index in [1.54, 1.807) is 18.2 Å². The Kier molecular flexibility index (Phi) is 3.98. The second kappa shape index (κ2) is 5.92. The zero-order chi connectivity index (χ0) is 15.7. The van der Waals surface area contributed by atoms with Crippen molar-refractivity contribution >= 4 is 23.5 Å². The van der Waals surface area contributed by atoms with Crippen LogP contribution in [0.25, 0.3) is 0 Å². The molecule has 1 aliphatic rings. The summed E-state index contributed by atoms with van der Waals surface area (Å²) in [5.74, 6) is -0.358. The highest BCUT2D eigenvalue weighted by molar-refractivity contribution is 7.99. The van der Waals surface area contributed by atoms with Crippen molar-refractivity contribution in [1.29, 1.82) is 0 Å². The third-order valence-corrected chi connectivity index (χ3v) is 4.25. The number of aromatic nitrogens is 2. The van der Waals surface area contributed by atoms with Gasteiger partial charge in [0, 0.05) is 12.3 Å². The molecule has 1 atom stereocenters. The second-order valence-electron chi connectivity index (χ2n) is 4.89. The molecule has 2 aromatic rings. The number of H-pyrrole nitrogens is 1. The first kappa shape index (κ1) is 14.8. The lowest BCUT2D eigenvalue weighted by Crippen LogP contribution is -2.31. The van der Waals surface area contributed by atoms with Gasteiger partial charge in [0.05, 0.1) is 5.56 Å². The number of hydrogen-bond donors (Lipinski definition) is 2. The molecule has 1 aromatic heterocycles. The largest absolute Gasteiger partial charge is 0.310 e. The Morgan fingerprint density at radius 3 is 2.86 bits per heavy atom. The molecular formula is C15H14FN3O2S. The van der Waals surface area contributed by atoms with Crippen molar-refractivity contribution < 1.29 is 9.18 Å². The Morgan fingerprint density at radius 2 is 2.14 bits per heavy atom. The average molecular weight is 319 g/mol. The molecule has 3 rings (SSSR count). The van der Waals surface area contributed by atoms with Crippen molar-refractivity contribution in [2.24, 2.45) is 0 Å². The van der Waals surface area contributed by atoms with Crippen LogP contribution in [0.2, 0.25) is 0 Å². The zero-order valence-corrected chi connectivity index (χ0v) is 12.7. The topological polar surface area (TPSA) is 74.8 Å². The number of thioether (sulfide) groups is 1. The summed E-state index contributed by atoms with van der Waals surface area (Å²) < 4.78 is 14.1. The van der Waals surface area contributed by atoms with E-state index in [0.717, 1.165) is 5.75 Å². The van der Waals surface area contributed by atoms with E-state index in [-0.39, 0.29) is 23.7 Å². The predicted molar refractivity (Wildman–Crippen MR) is 82.7 cm³/mol. The van der Waals surface area contributed by atoms with Crippen molar-refractivity contribution in [2.75, 3.05) is 11.1 Å². The summed E-state index contributed by atoms with van der Waals surface area (Å²) in [5.41, 5.74) is 0.307. The lowest BCUT2D eigenvalue weighted by atomic mass is 9.86. The summed E-state index contributed by atoms with van der Waals surface area (Å²) in [6.07, 6.45) is 0.0267. The maximum absolute atomic E-state index is 14.1. The minimum Gasteiger partial charge on any atom is -0.310 e. The van der Waals surface area contributed by atoms with E-state index in [1.807, 2.05) is 6.92 Å². The standard InChI is InChI=1S/C15H14FN3O2S/c1-2-22-15-18-13-12(14(21)19-15)9(7-11(20)17-13)8-5-3-4-6-10(8)16/h3-6,9H,2,7H2,1H3,(H2,17,18,19,20,21)/t9-/m1/s1.